The van der Waals surface area contributed by atoms with E-state index in [9.17, 15) is 14.4 Å². The normalized spacial score (nSPS) is 17.0. The summed E-state index contributed by atoms with van der Waals surface area (Å²) in [5.74, 6) is 1.29. The lowest BCUT2D eigenvalue weighted by Crippen LogP contribution is -2.48. The third-order valence-corrected chi connectivity index (χ3v) is 12.7. The van der Waals surface area contributed by atoms with E-state index < -0.39 is 5.54 Å². The summed E-state index contributed by atoms with van der Waals surface area (Å²) in [7, 11) is 3.10. The first-order valence-electron chi connectivity index (χ1n) is 22.5. The number of nitrogens with zero attached hydrogens (tertiary/aromatic N) is 4. The minimum Gasteiger partial charge on any atom is -0.493 e. The van der Waals surface area contributed by atoms with E-state index in [1.165, 1.54) is 0 Å². The van der Waals surface area contributed by atoms with Gasteiger partial charge in [0.25, 0.3) is 11.8 Å². The monoisotopic (exact) mass is 891 g/mol. The van der Waals surface area contributed by atoms with Gasteiger partial charge in [0.1, 0.15) is 13.2 Å². The second-order valence-corrected chi connectivity index (χ2v) is 18.9. The number of anilines is 4. The zero-order chi connectivity index (χ0) is 46.5. The predicted octanol–water partition coefficient (Wildman–Crippen LogP) is 9.48. The Bertz CT molecular complexity index is 2760. The number of rotatable bonds is 13. The van der Waals surface area contributed by atoms with E-state index in [4.69, 9.17) is 28.7 Å². The molecule has 0 saturated carbocycles. The summed E-state index contributed by atoms with van der Waals surface area (Å²) in [6, 6.07) is 28.6. The van der Waals surface area contributed by atoms with Crippen LogP contribution < -0.4 is 39.0 Å². The van der Waals surface area contributed by atoms with Crippen molar-refractivity contribution in [1.82, 2.24) is 0 Å². The highest BCUT2D eigenvalue weighted by atomic mass is 16.5. The lowest BCUT2D eigenvalue weighted by Gasteiger charge is -2.39. The molecule has 5 aromatic carbocycles. The highest BCUT2D eigenvalue weighted by Crippen LogP contribution is 2.43. The van der Waals surface area contributed by atoms with Crippen molar-refractivity contribution in [2.75, 3.05) is 47.4 Å². The van der Waals surface area contributed by atoms with Crippen molar-refractivity contribution in [2.24, 2.45) is 4.99 Å². The van der Waals surface area contributed by atoms with Crippen molar-refractivity contribution in [3.63, 3.8) is 0 Å². The predicted molar refractivity (Wildman–Crippen MR) is 257 cm³/mol. The lowest BCUT2D eigenvalue weighted by atomic mass is 9.96. The smallest absolute Gasteiger partial charge is 0.261 e. The van der Waals surface area contributed by atoms with Gasteiger partial charge in [0, 0.05) is 67.4 Å². The maximum atomic E-state index is 14.1. The van der Waals surface area contributed by atoms with E-state index >= 15 is 0 Å². The van der Waals surface area contributed by atoms with E-state index in [1.807, 2.05) is 112 Å². The number of carbonyl (C=O) groups excluding carboxylic acids is 3. The molecule has 0 fully saturated rings. The highest BCUT2D eigenvalue weighted by molar-refractivity contribution is 6.15. The molecular formula is C53H57N5O8. The molecule has 4 aliphatic rings. The fraction of sp³-hybridized carbons (Fsp3) is 0.358. The minimum absolute atomic E-state index is 0.0218. The number of aliphatic imine (C=N–C) groups is 1. The number of hydrogen-bond acceptors (Lipinski definition) is 10. The molecule has 0 radical (unpaired) electrons. The summed E-state index contributed by atoms with van der Waals surface area (Å²) in [6.07, 6.45) is 3.86. The molecule has 0 unspecified atom stereocenters. The van der Waals surface area contributed by atoms with Gasteiger partial charge >= 0.3 is 0 Å². The second kappa shape index (κ2) is 17.5. The molecule has 1 N–H and O–H groups in total. The Hall–Kier alpha value is -6.86. The Morgan fingerprint density at radius 3 is 1.97 bits per heavy atom. The van der Waals surface area contributed by atoms with Gasteiger partial charge in [0.2, 0.25) is 5.91 Å². The van der Waals surface area contributed by atoms with Crippen molar-refractivity contribution in [2.45, 2.75) is 97.2 Å². The average molecular weight is 892 g/mol. The Morgan fingerprint density at radius 1 is 0.742 bits per heavy atom. The fourth-order valence-electron chi connectivity index (χ4n) is 9.64. The largest absolute Gasteiger partial charge is 0.493 e. The van der Waals surface area contributed by atoms with Gasteiger partial charge in [0.05, 0.1) is 54.4 Å². The number of fused-ring (bicyclic) bond motifs is 8. The van der Waals surface area contributed by atoms with Gasteiger partial charge in [-0.05, 0) is 112 Å². The maximum Gasteiger partial charge on any atom is 0.261 e. The summed E-state index contributed by atoms with van der Waals surface area (Å²) < 4.78 is 30.9. The number of ether oxygens (including phenoxy) is 5. The van der Waals surface area contributed by atoms with Crippen LogP contribution in [-0.4, -0.2) is 74.5 Å². The van der Waals surface area contributed by atoms with Crippen LogP contribution in [-0.2, 0) is 35.6 Å². The molecule has 13 heteroatoms. The third kappa shape index (κ3) is 8.55. The van der Waals surface area contributed by atoms with Crippen LogP contribution >= 0.6 is 0 Å². The topological polar surface area (TPSA) is 131 Å². The summed E-state index contributed by atoms with van der Waals surface area (Å²) in [5, 5.41) is 3.51. The minimum atomic E-state index is -0.637. The quantitative estimate of drug-likeness (QED) is 0.123. The van der Waals surface area contributed by atoms with Crippen LogP contribution in [0.5, 0.6) is 23.0 Å². The number of carbonyl (C=O) groups is 3. The van der Waals surface area contributed by atoms with E-state index in [0.29, 0.717) is 77.2 Å². The van der Waals surface area contributed by atoms with Crippen molar-refractivity contribution in [1.29, 1.82) is 0 Å². The summed E-state index contributed by atoms with van der Waals surface area (Å²) in [6.45, 7) is 12.9. The van der Waals surface area contributed by atoms with Crippen LogP contribution in [0.2, 0.25) is 0 Å². The van der Waals surface area contributed by atoms with Crippen LogP contribution in [0.25, 0.3) is 0 Å². The molecule has 0 aromatic heterocycles. The fourth-order valence-corrected chi connectivity index (χ4v) is 9.64. The van der Waals surface area contributed by atoms with E-state index in [1.54, 1.807) is 49.1 Å². The zero-order valence-corrected chi connectivity index (χ0v) is 38.9. The van der Waals surface area contributed by atoms with Crippen LogP contribution in [0.3, 0.4) is 0 Å². The first-order chi connectivity index (χ1) is 31.6. The molecule has 3 amide bonds. The number of amides is 3. The summed E-state index contributed by atoms with van der Waals surface area (Å²) >= 11 is 0. The molecule has 0 bridgehead atoms. The number of benzene rings is 5. The zero-order valence-electron chi connectivity index (χ0n) is 38.9. The lowest BCUT2D eigenvalue weighted by molar-refractivity contribution is -0.117. The molecular weight excluding hydrogens is 835 g/mol. The van der Waals surface area contributed by atoms with Gasteiger partial charge in [-0.25, -0.2) is 0 Å². The summed E-state index contributed by atoms with van der Waals surface area (Å²) in [5.41, 5.74) is 7.37. The van der Waals surface area contributed by atoms with Crippen molar-refractivity contribution < 1.29 is 38.1 Å². The molecule has 5 aromatic rings. The average Bonchev–Trinajstić information content (AvgIpc) is 3.77. The van der Waals surface area contributed by atoms with E-state index in [2.05, 4.69) is 11.4 Å². The first kappa shape index (κ1) is 44.3. The van der Waals surface area contributed by atoms with Gasteiger partial charge in [-0.2, -0.15) is 0 Å². The number of nitrogens with one attached hydrogen (secondary N) is 1. The van der Waals surface area contributed by atoms with Gasteiger partial charge in [-0.3, -0.25) is 24.3 Å². The Labute approximate surface area is 386 Å². The molecule has 0 spiro atoms. The maximum absolute atomic E-state index is 14.1. The SMILES string of the molecule is COc1cc2c(cc1OCc1cc(COc3cc4c(cc3OC)C(=O)N3c5ccccc5C[C@H]3CN4)cc(N(C(C)=O)C(C)(C)CCOC(C)(C)C)c1)N=C[C@@H]1Cc3ccccc3N1C2=O. The first-order valence-corrected chi connectivity index (χ1v) is 22.5. The van der Waals surface area contributed by atoms with Crippen molar-refractivity contribution >= 4 is 52.4 Å². The van der Waals surface area contributed by atoms with Gasteiger partial charge < -0.3 is 38.8 Å². The van der Waals surface area contributed by atoms with Crippen LogP contribution in [0.15, 0.2) is 96.0 Å². The molecule has 66 heavy (non-hydrogen) atoms. The second-order valence-electron chi connectivity index (χ2n) is 18.9. The standard InChI is InChI=1S/C53H57N5O8/c1-32(59)58(53(5,6)17-18-66-52(2,3)4)37-20-33(30-64-48-26-42-40(24-46(48)62-7)50(60)56-38(28-54-42)22-35-13-9-11-15-44(35)56)19-34(21-37)31-65-49-27-43-41(25-47(49)63-8)51(61)57-39(29-55-43)23-36-14-10-12-16-45(36)57/h9-16,19-21,24-28,38-39,55H,17-18,22-23,29-31H2,1-8H3/t38-,39-/m0/s1. The van der Waals surface area contributed by atoms with Crippen molar-refractivity contribution in [3.8, 4) is 23.0 Å². The number of hydrogen-bond donors (Lipinski definition) is 1. The van der Waals surface area contributed by atoms with E-state index in [-0.39, 0.29) is 48.6 Å². The molecule has 2 atom stereocenters. The molecule has 4 heterocycles. The molecule has 13 nitrogen and oxygen atoms in total. The summed E-state index contributed by atoms with van der Waals surface area (Å²) in [4.78, 5) is 52.1. The molecule has 342 valence electrons. The van der Waals surface area contributed by atoms with E-state index in [0.717, 1.165) is 40.0 Å². The van der Waals surface area contributed by atoms with Gasteiger partial charge in [-0.1, -0.05) is 36.4 Å². The Morgan fingerprint density at radius 2 is 1.33 bits per heavy atom. The molecule has 4 aliphatic heterocycles. The highest BCUT2D eigenvalue weighted by Gasteiger charge is 2.39. The molecule has 0 saturated heterocycles. The van der Waals surface area contributed by atoms with Crippen LogP contribution in [0, 0.1) is 0 Å². The molecule has 9 rings (SSSR count). The number of para-hydroxylation sites is 2. The van der Waals surface area contributed by atoms with Crippen LogP contribution in [0.4, 0.5) is 28.4 Å². The third-order valence-electron chi connectivity index (χ3n) is 12.7. The Balaban J connectivity index is 1.02. The Kier molecular flexibility index (Phi) is 11.8. The molecule has 0 aliphatic carbocycles. The van der Waals surface area contributed by atoms with Crippen LogP contribution in [0.1, 0.15) is 90.9 Å². The van der Waals surface area contributed by atoms with Gasteiger partial charge in [0.15, 0.2) is 23.0 Å². The van der Waals surface area contributed by atoms with Crippen molar-refractivity contribution in [3.05, 3.63) is 124 Å². The van der Waals surface area contributed by atoms with Gasteiger partial charge in [-0.15, -0.1) is 0 Å². The number of methoxy groups -OCH3 is 2.